The smallest absolute Gasteiger partial charge is 0.258 e. The average Bonchev–Trinajstić information content (AvgIpc) is 2.94. The van der Waals surface area contributed by atoms with Crippen molar-refractivity contribution in [3.63, 3.8) is 0 Å². The number of carbonyl (C=O) groups excluding carboxylic acids is 2. The van der Waals surface area contributed by atoms with Crippen LogP contribution in [0.4, 0.5) is 5.69 Å². The highest BCUT2D eigenvalue weighted by atomic mass is 35.5. The zero-order chi connectivity index (χ0) is 28.3. The largest absolute Gasteiger partial charge is 0.497 e. The summed E-state index contributed by atoms with van der Waals surface area (Å²) in [6.07, 6.45) is 2.63. The predicted molar refractivity (Wildman–Crippen MR) is 160 cm³/mol. The Morgan fingerprint density at radius 1 is 1.02 bits per heavy atom. The summed E-state index contributed by atoms with van der Waals surface area (Å²) in [5.74, 6) is 0.409. The van der Waals surface area contributed by atoms with Crippen LogP contribution in [0.15, 0.2) is 100.0 Å². The number of aliphatic imine (C=N–C) groups is 1. The van der Waals surface area contributed by atoms with Gasteiger partial charge in [0.2, 0.25) is 0 Å². The number of anilines is 1. The number of aromatic nitrogens is 1. The summed E-state index contributed by atoms with van der Waals surface area (Å²) in [5.41, 5.74) is 4.17. The van der Waals surface area contributed by atoms with Crippen molar-refractivity contribution in [2.75, 3.05) is 12.4 Å². The molecule has 1 aliphatic rings. The monoisotopic (exact) mass is 569 g/mol. The fourth-order valence-electron chi connectivity index (χ4n) is 4.62. The van der Waals surface area contributed by atoms with Crippen LogP contribution in [-0.2, 0) is 6.42 Å². The average molecular weight is 570 g/mol. The molecule has 1 N–H and O–H groups in total. The third-order valence-electron chi connectivity index (χ3n) is 6.53. The number of halogens is 1. The molecule has 4 aromatic rings. The van der Waals surface area contributed by atoms with E-state index in [4.69, 9.17) is 21.3 Å². The maximum atomic E-state index is 13.3. The van der Waals surface area contributed by atoms with Crippen molar-refractivity contribution in [2.45, 2.75) is 42.1 Å². The van der Waals surface area contributed by atoms with Crippen molar-refractivity contribution in [1.29, 1.82) is 0 Å². The van der Waals surface area contributed by atoms with E-state index in [-0.39, 0.29) is 23.7 Å². The summed E-state index contributed by atoms with van der Waals surface area (Å²) < 4.78 is 5.40. The lowest BCUT2D eigenvalue weighted by atomic mass is 9.85. The number of benzene rings is 3. The summed E-state index contributed by atoms with van der Waals surface area (Å²) in [6, 6.07) is 23.7. The summed E-state index contributed by atoms with van der Waals surface area (Å²) >= 11 is 7.38. The summed E-state index contributed by atoms with van der Waals surface area (Å²) in [4.78, 5) is 36.6. The van der Waals surface area contributed by atoms with Crippen molar-refractivity contribution < 1.29 is 14.3 Å². The topological polar surface area (TPSA) is 80.6 Å². The van der Waals surface area contributed by atoms with Crippen LogP contribution < -0.4 is 10.1 Å². The fourth-order valence-corrected chi connectivity index (χ4v) is 5.63. The number of nitrogens with one attached hydrogen (secondary N) is 1. The molecule has 0 bridgehead atoms. The number of hydrogen-bond donors (Lipinski definition) is 1. The Morgan fingerprint density at radius 3 is 2.50 bits per heavy atom. The molecule has 0 saturated heterocycles. The first-order valence-electron chi connectivity index (χ1n) is 12.8. The first-order valence-corrected chi connectivity index (χ1v) is 14.0. The van der Waals surface area contributed by atoms with E-state index >= 15 is 0 Å². The van der Waals surface area contributed by atoms with Gasteiger partial charge in [-0.2, -0.15) is 0 Å². The zero-order valence-electron chi connectivity index (χ0n) is 22.4. The molecule has 0 aliphatic carbocycles. The zero-order valence-corrected chi connectivity index (χ0v) is 24.0. The molecule has 1 aromatic heterocycles. The van der Waals surface area contributed by atoms with Crippen LogP contribution in [0.2, 0.25) is 5.02 Å². The van der Waals surface area contributed by atoms with Gasteiger partial charge in [0.1, 0.15) is 10.8 Å². The number of hydrogen-bond acceptors (Lipinski definition) is 6. The fraction of sp³-hybridized carbons (Fsp3) is 0.188. The number of Topliss-reactive ketones (excluding diaryl/α,β-unsaturated/α-hetero) is 1. The molecule has 0 unspecified atom stereocenters. The van der Waals surface area contributed by atoms with Crippen LogP contribution in [0.3, 0.4) is 0 Å². The van der Waals surface area contributed by atoms with Gasteiger partial charge >= 0.3 is 0 Å². The van der Waals surface area contributed by atoms with Gasteiger partial charge in [-0.15, -0.1) is 0 Å². The molecule has 202 valence electrons. The van der Waals surface area contributed by atoms with Gasteiger partial charge in [0.15, 0.2) is 5.78 Å². The Morgan fingerprint density at radius 2 is 1.77 bits per heavy atom. The van der Waals surface area contributed by atoms with Gasteiger partial charge in [-0.3, -0.25) is 14.6 Å². The van der Waals surface area contributed by atoms with Gasteiger partial charge in [-0.1, -0.05) is 29.4 Å². The van der Waals surface area contributed by atoms with Gasteiger partial charge in [0.25, 0.3) is 5.91 Å². The predicted octanol–water partition coefficient (Wildman–Crippen LogP) is 7.54. The van der Waals surface area contributed by atoms with E-state index in [1.54, 1.807) is 61.8 Å². The summed E-state index contributed by atoms with van der Waals surface area (Å²) in [7, 11) is 1.63. The molecule has 5 rings (SSSR count). The number of carbonyl (C=O) groups is 2. The molecule has 0 spiro atoms. The van der Waals surface area contributed by atoms with Crippen molar-refractivity contribution in [3.8, 4) is 5.75 Å². The van der Waals surface area contributed by atoms with Crippen LogP contribution in [0.5, 0.6) is 5.75 Å². The highest BCUT2D eigenvalue weighted by Crippen LogP contribution is 2.32. The van der Waals surface area contributed by atoms with Gasteiger partial charge < -0.3 is 10.1 Å². The number of pyridine rings is 1. The molecule has 3 aromatic carbocycles. The number of fused-ring (bicyclic) bond motifs is 1. The molecule has 2 heterocycles. The Hall–Kier alpha value is -3.94. The van der Waals surface area contributed by atoms with Gasteiger partial charge in [-0.25, -0.2) is 4.98 Å². The number of nitrogens with zero attached hydrogens (tertiary/aromatic N) is 2. The summed E-state index contributed by atoms with van der Waals surface area (Å²) in [5, 5.41) is 4.14. The molecule has 0 saturated carbocycles. The normalized spacial score (nSPS) is 13.7. The minimum absolute atomic E-state index is 0.0444. The van der Waals surface area contributed by atoms with Crippen LogP contribution in [0, 0.1) is 0 Å². The minimum Gasteiger partial charge on any atom is -0.497 e. The lowest BCUT2D eigenvalue weighted by Gasteiger charge is -2.29. The SMILES string of the molecule is COc1ccc2c(c1)C(CC(=O)c1ccc(NC(=O)c3cccnc3Sc3ccc(Cl)cc3)cc1)=NC(C)(C)C2. The Balaban J connectivity index is 1.29. The Bertz CT molecular complexity index is 1600. The van der Waals surface area contributed by atoms with E-state index in [1.165, 1.54) is 11.8 Å². The minimum atomic E-state index is -0.289. The van der Waals surface area contributed by atoms with Crippen molar-refractivity contribution >= 4 is 46.5 Å². The number of amides is 1. The van der Waals surface area contributed by atoms with Crippen LogP contribution in [0.1, 0.15) is 52.1 Å². The van der Waals surface area contributed by atoms with E-state index in [0.29, 0.717) is 26.9 Å². The number of methoxy groups -OCH3 is 1. The van der Waals surface area contributed by atoms with E-state index < -0.39 is 0 Å². The van der Waals surface area contributed by atoms with E-state index in [9.17, 15) is 9.59 Å². The maximum absolute atomic E-state index is 13.3. The number of ether oxygens (including phenoxy) is 1. The number of rotatable bonds is 8. The second kappa shape index (κ2) is 11.7. The van der Waals surface area contributed by atoms with E-state index in [2.05, 4.69) is 24.1 Å². The first kappa shape index (κ1) is 27.6. The molecule has 8 heteroatoms. The Labute approximate surface area is 242 Å². The highest BCUT2D eigenvalue weighted by Gasteiger charge is 2.28. The quantitative estimate of drug-likeness (QED) is 0.222. The lowest BCUT2D eigenvalue weighted by molar-refractivity contribution is 0.0998. The molecular formula is C32H28ClN3O3S. The molecule has 0 radical (unpaired) electrons. The van der Waals surface area contributed by atoms with Gasteiger partial charge in [0, 0.05) is 32.9 Å². The van der Waals surface area contributed by atoms with Crippen molar-refractivity contribution in [3.05, 3.63) is 112 Å². The third-order valence-corrected chi connectivity index (χ3v) is 7.80. The second-order valence-corrected chi connectivity index (χ2v) is 11.6. The van der Waals surface area contributed by atoms with E-state index in [0.717, 1.165) is 33.9 Å². The molecule has 0 fully saturated rings. The molecule has 6 nitrogen and oxygen atoms in total. The number of ketones is 1. The van der Waals surface area contributed by atoms with Crippen molar-refractivity contribution in [1.82, 2.24) is 4.98 Å². The highest BCUT2D eigenvalue weighted by molar-refractivity contribution is 7.99. The van der Waals surface area contributed by atoms with Crippen LogP contribution >= 0.6 is 23.4 Å². The lowest BCUT2D eigenvalue weighted by Crippen LogP contribution is -2.30. The second-order valence-electron chi connectivity index (χ2n) is 10.1. The van der Waals surface area contributed by atoms with Gasteiger partial charge in [0.05, 0.1) is 30.3 Å². The standard InChI is InChI=1S/C32H28ClN3O3S/c1-32(2)19-21-8-13-24(39-3)17-27(21)28(36-32)18-29(37)20-6-11-23(12-7-20)35-30(38)26-5-4-16-34-31(26)40-25-14-9-22(33)10-15-25/h4-17H,18-19H2,1-3H3,(H,35,38). The third kappa shape index (κ3) is 6.43. The molecule has 1 aliphatic heterocycles. The summed E-state index contributed by atoms with van der Waals surface area (Å²) in [6.45, 7) is 4.15. The maximum Gasteiger partial charge on any atom is 0.258 e. The van der Waals surface area contributed by atoms with Crippen LogP contribution in [-0.4, -0.2) is 35.0 Å². The van der Waals surface area contributed by atoms with Crippen LogP contribution in [0.25, 0.3) is 0 Å². The molecular weight excluding hydrogens is 542 g/mol. The van der Waals surface area contributed by atoms with Crippen molar-refractivity contribution in [2.24, 2.45) is 4.99 Å². The molecule has 40 heavy (non-hydrogen) atoms. The first-order chi connectivity index (χ1) is 19.2. The van der Waals surface area contributed by atoms with Gasteiger partial charge in [-0.05, 0) is 98.6 Å². The van der Waals surface area contributed by atoms with E-state index in [1.807, 2.05) is 30.3 Å². The Kier molecular flexibility index (Phi) is 8.05. The molecule has 1 amide bonds. The molecule has 0 atom stereocenters.